The number of carboxylic acid groups (broad SMARTS) is 1. The first-order valence-electron chi connectivity index (χ1n) is 6.12. The lowest BCUT2D eigenvalue weighted by Gasteiger charge is -2.23. The first-order valence-corrected chi connectivity index (χ1v) is 6.12. The Labute approximate surface area is 110 Å². The van der Waals surface area contributed by atoms with Crippen molar-refractivity contribution in [3.05, 3.63) is 0 Å². The van der Waals surface area contributed by atoms with Crippen molar-refractivity contribution in [2.45, 2.75) is 31.4 Å². The number of aliphatic carboxylic acids is 1. The minimum atomic E-state index is -1.30. The van der Waals surface area contributed by atoms with Crippen molar-refractivity contribution in [3.8, 4) is 0 Å². The zero-order valence-corrected chi connectivity index (χ0v) is 10.6. The quantitative estimate of drug-likeness (QED) is 0.433. The molecule has 1 aliphatic heterocycles. The van der Waals surface area contributed by atoms with Crippen molar-refractivity contribution >= 4 is 17.8 Å². The van der Waals surface area contributed by atoms with Crippen LogP contribution < -0.4 is 16.4 Å². The molecule has 8 heteroatoms. The van der Waals surface area contributed by atoms with E-state index >= 15 is 0 Å². The average Bonchev–Trinajstić information content (AvgIpc) is 2.36. The summed E-state index contributed by atoms with van der Waals surface area (Å²) in [7, 11) is 0. The predicted octanol–water partition coefficient (Wildman–Crippen LogP) is -1.80. The third kappa shape index (κ3) is 6.16. The van der Waals surface area contributed by atoms with Gasteiger partial charge in [0.15, 0.2) is 0 Å². The number of carbonyl (C=O) groups excluding carboxylic acids is 2. The largest absolute Gasteiger partial charge is 0.480 e. The number of nitrogens with two attached hydrogens (primary N) is 1. The Bertz CT molecular complexity index is 341. The van der Waals surface area contributed by atoms with Gasteiger partial charge in [-0.15, -0.1) is 0 Å². The number of rotatable bonds is 7. The molecule has 1 rings (SSSR count). The van der Waals surface area contributed by atoms with E-state index in [-0.39, 0.29) is 12.7 Å². The van der Waals surface area contributed by atoms with Gasteiger partial charge in [0.1, 0.15) is 12.6 Å². The molecule has 1 heterocycles. The topological polar surface area (TPSA) is 131 Å². The van der Waals surface area contributed by atoms with Crippen LogP contribution in [0.2, 0.25) is 0 Å². The molecule has 1 saturated heterocycles. The molecule has 1 atom stereocenters. The molecule has 1 aliphatic rings. The first kappa shape index (κ1) is 15.4. The van der Waals surface area contributed by atoms with Crippen LogP contribution in [0.1, 0.15) is 19.3 Å². The van der Waals surface area contributed by atoms with E-state index < -0.39 is 30.2 Å². The fraction of sp³-hybridized carbons (Fsp3) is 0.727. The third-order valence-electron chi connectivity index (χ3n) is 2.77. The number of hydrogen-bond donors (Lipinski definition) is 4. The van der Waals surface area contributed by atoms with Crippen LogP contribution in [-0.4, -0.2) is 54.7 Å². The van der Waals surface area contributed by atoms with Crippen molar-refractivity contribution in [2.75, 3.05) is 19.7 Å². The third-order valence-corrected chi connectivity index (χ3v) is 2.77. The highest BCUT2D eigenvalue weighted by atomic mass is 16.5. The second-order valence-electron chi connectivity index (χ2n) is 4.39. The van der Waals surface area contributed by atoms with E-state index in [1.165, 1.54) is 0 Å². The lowest BCUT2D eigenvalue weighted by Crippen LogP contribution is -2.45. The first-order chi connectivity index (χ1) is 8.99. The number of hydrogen-bond acceptors (Lipinski definition) is 5. The lowest BCUT2D eigenvalue weighted by atomic mass is 10.1. The van der Waals surface area contributed by atoms with Crippen molar-refractivity contribution in [2.24, 2.45) is 5.73 Å². The van der Waals surface area contributed by atoms with Gasteiger partial charge in [-0.3, -0.25) is 9.59 Å². The molecule has 108 valence electrons. The van der Waals surface area contributed by atoms with Gasteiger partial charge in [-0.05, 0) is 25.9 Å². The van der Waals surface area contributed by atoms with E-state index in [2.05, 4.69) is 10.6 Å². The van der Waals surface area contributed by atoms with E-state index in [9.17, 15) is 14.4 Å². The van der Waals surface area contributed by atoms with Gasteiger partial charge >= 0.3 is 5.97 Å². The minimum absolute atomic E-state index is 0.00594. The summed E-state index contributed by atoms with van der Waals surface area (Å²) in [5, 5.41) is 14.2. The molecule has 1 unspecified atom stereocenters. The van der Waals surface area contributed by atoms with Crippen LogP contribution in [0.3, 0.4) is 0 Å². The highest BCUT2D eigenvalue weighted by molar-refractivity contribution is 5.88. The summed E-state index contributed by atoms with van der Waals surface area (Å²) in [6.07, 6.45) is 1.20. The molecular formula is C11H19N3O5. The van der Waals surface area contributed by atoms with E-state index in [1.807, 2.05) is 0 Å². The standard InChI is InChI=1S/C11H19N3O5/c12-9(15)5-8(11(17)18)14-10(16)6-19-7-1-3-13-4-2-7/h7-8,13H,1-6H2,(H2,12,15)(H,14,16)(H,17,18). The van der Waals surface area contributed by atoms with Gasteiger partial charge in [0.05, 0.1) is 12.5 Å². The van der Waals surface area contributed by atoms with Crippen LogP contribution in [0.25, 0.3) is 0 Å². The fourth-order valence-corrected chi connectivity index (χ4v) is 1.79. The molecule has 5 N–H and O–H groups in total. The fourth-order valence-electron chi connectivity index (χ4n) is 1.79. The summed E-state index contributed by atoms with van der Waals surface area (Å²) >= 11 is 0. The maximum atomic E-state index is 11.5. The number of amides is 2. The van der Waals surface area contributed by atoms with Gasteiger partial charge in [0, 0.05) is 0 Å². The number of primary amides is 1. The second-order valence-corrected chi connectivity index (χ2v) is 4.39. The Hall–Kier alpha value is -1.67. The molecule has 0 radical (unpaired) electrons. The molecule has 0 saturated carbocycles. The van der Waals surface area contributed by atoms with Crippen LogP contribution >= 0.6 is 0 Å². The zero-order chi connectivity index (χ0) is 14.3. The van der Waals surface area contributed by atoms with Gasteiger partial charge in [0.2, 0.25) is 11.8 Å². The monoisotopic (exact) mass is 273 g/mol. The summed E-state index contributed by atoms with van der Waals surface area (Å²) in [6.45, 7) is 1.46. The normalized spacial score (nSPS) is 17.7. The van der Waals surface area contributed by atoms with Gasteiger partial charge in [0.25, 0.3) is 0 Å². The highest BCUT2D eigenvalue weighted by Crippen LogP contribution is 2.06. The molecule has 0 bridgehead atoms. The number of nitrogens with one attached hydrogen (secondary N) is 2. The molecule has 2 amide bonds. The summed E-state index contributed by atoms with van der Waals surface area (Å²) in [6, 6.07) is -1.30. The molecule has 0 aromatic heterocycles. The Balaban J connectivity index is 2.31. The Morgan fingerprint density at radius 2 is 2.00 bits per heavy atom. The van der Waals surface area contributed by atoms with Crippen LogP contribution in [0, 0.1) is 0 Å². The summed E-state index contributed by atoms with van der Waals surface area (Å²) in [4.78, 5) is 33.0. The van der Waals surface area contributed by atoms with Crippen LogP contribution in [0.4, 0.5) is 0 Å². The Kier molecular flexibility index (Phi) is 6.23. The van der Waals surface area contributed by atoms with Gasteiger partial charge in [-0.25, -0.2) is 4.79 Å². The second kappa shape index (κ2) is 7.70. The lowest BCUT2D eigenvalue weighted by molar-refractivity contribution is -0.144. The van der Waals surface area contributed by atoms with Crippen LogP contribution in [-0.2, 0) is 19.1 Å². The maximum Gasteiger partial charge on any atom is 0.326 e. The smallest absolute Gasteiger partial charge is 0.326 e. The zero-order valence-electron chi connectivity index (χ0n) is 10.6. The summed E-state index contributed by atoms with van der Waals surface area (Å²) in [5.41, 5.74) is 4.91. The SMILES string of the molecule is NC(=O)CC(NC(=O)COC1CCNCC1)C(=O)O. The number of piperidine rings is 1. The van der Waals surface area contributed by atoms with Gasteiger partial charge in [-0.1, -0.05) is 0 Å². The molecule has 8 nitrogen and oxygen atoms in total. The van der Waals surface area contributed by atoms with E-state index in [0.29, 0.717) is 0 Å². The number of carboxylic acids is 1. The minimum Gasteiger partial charge on any atom is -0.480 e. The molecular weight excluding hydrogens is 254 g/mol. The highest BCUT2D eigenvalue weighted by Gasteiger charge is 2.23. The molecule has 0 spiro atoms. The Morgan fingerprint density at radius 3 is 2.53 bits per heavy atom. The molecule has 1 fully saturated rings. The van der Waals surface area contributed by atoms with Crippen LogP contribution in [0.15, 0.2) is 0 Å². The Morgan fingerprint density at radius 1 is 1.37 bits per heavy atom. The van der Waals surface area contributed by atoms with E-state index in [4.69, 9.17) is 15.6 Å². The number of ether oxygens (including phenoxy) is 1. The van der Waals surface area contributed by atoms with Crippen LogP contribution in [0.5, 0.6) is 0 Å². The molecule has 0 aromatic rings. The molecule has 19 heavy (non-hydrogen) atoms. The van der Waals surface area contributed by atoms with Crippen molar-refractivity contribution in [1.29, 1.82) is 0 Å². The van der Waals surface area contributed by atoms with E-state index in [0.717, 1.165) is 25.9 Å². The van der Waals surface area contributed by atoms with Crippen molar-refractivity contribution in [1.82, 2.24) is 10.6 Å². The summed E-state index contributed by atoms with van der Waals surface area (Å²) < 4.78 is 5.37. The maximum absolute atomic E-state index is 11.5. The molecule has 0 aliphatic carbocycles. The molecule has 0 aromatic carbocycles. The van der Waals surface area contributed by atoms with Crippen molar-refractivity contribution < 1.29 is 24.2 Å². The average molecular weight is 273 g/mol. The number of carbonyl (C=O) groups is 3. The van der Waals surface area contributed by atoms with E-state index in [1.54, 1.807) is 0 Å². The van der Waals surface area contributed by atoms with Crippen molar-refractivity contribution in [3.63, 3.8) is 0 Å². The van der Waals surface area contributed by atoms with Gasteiger partial charge < -0.3 is 26.2 Å². The summed E-state index contributed by atoms with van der Waals surface area (Å²) in [5.74, 6) is -2.65. The van der Waals surface area contributed by atoms with Gasteiger partial charge in [-0.2, -0.15) is 0 Å². The predicted molar refractivity (Wildman–Crippen MR) is 65.2 cm³/mol.